The molecule has 1 aromatic carbocycles. The Kier molecular flexibility index (Phi) is 4.89. The van der Waals surface area contributed by atoms with Gasteiger partial charge in [0.2, 0.25) is 5.91 Å². The van der Waals surface area contributed by atoms with E-state index in [0.29, 0.717) is 11.3 Å². The predicted octanol–water partition coefficient (Wildman–Crippen LogP) is 1.85. The van der Waals surface area contributed by atoms with E-state index in [1.165, 1.54) is 22.7 Å². The number of hydrogen-bond donors (Lipinski definition) is 0. The number of nitrogens with zero attached hydrogens (tertiary/aromatic N) is 1. The number of carbonyl (C=O) groups is 3. The lowest BCUT2D eigenvalue weighted by atomic mass is 10.1. The van der Waals surface area contributed by atoms with Gasteiger partial charge in [-0.1, -0.05) is 30.3 Å². The fourth-order valence-corrected chi connectivity index (χ4v) is 4.01. The van der Waals surface area contributed by atoms with Crippen molar-refractivity contribution in [1.29, 1.82) is 0 Å². The number of rotatable bonds is 5. The van der Waals surface area contributed by atoms with Crippen LogP contribution in [0.3, 0.4) is 0 Å². The average Bonchev–Trinajstić information content (AvgIpc) is 2.86. The maximum Gasteiger partial charge on any atom is 0.334 e. The minimum absolute atomic E-state index is 0.104. The Balaban J connectivity index is 1.72. The summed E-state index contributed by atoms with van der Waals surface area (Å²) in [6, 6.07) is 8.44. The van der Waals surface area contributed by atoms with Crippen molar-refractivity contribution in [3.8, 4) is 0 Å². The molecule has 0 N–H and O–H groups in total. The Morgan fingerprint density at radius 1 is 1.29 bits per heavy atom. The first-order valence-electron chi connectivity index (χ1n) is 7.67. The van der Waals surface area contributed by atoms with Crippen LogP contribution in [0.15, 0.2) is 41.3 Å². The van der Waals surface area contributed by atoms with E-state index in [-0.39, 0.29) is 24.5 Å². The van der Waals surface area contributed by atoms with E-state index >= 15 is 0 Å². The molecule has 0 aliphatic carbocycles. The second-order valence-electron chi connectivity index (χ2n) is 5.37. The standard InChI is InChI=1S/C17H17NO5S/c1-2-22-15(20)8-12-16(18-13(19)9-14(18)24-12)17(21)23-10-11-6-4-3-5-7-11/h3-8,14,16H,2,9-10H2,1H3. The summed E-state index contributed by atoms with van der Waals surface area (Å²) in [4.78, 5) is 38.0. The van der Waals surface area contributed by atoms with Gasteiger partial charge in [0.05, 0.1) is 18.4 Å². The highest BCUT2D eigenvalue weighted by Gasteiger charge is 2.53. The van der Waals surface area contributed by atoms with Crippen LogP contribution in [0.2, 0.25) is 0 Å². The van der Waals surface area contributed by atoms with Crippen LogP contribution in [0, 0.1) is 0 Å². The number of hydrogen-bond acceptors (Lipinski definition) is 6. The van der Waals surface area contributed by atoms with E-state index in [2.05, 4.69) is 0 Å². The fraction of sp³-hybridized carbons (Fsp3) is 0.353. The summed E-state index contributed by atoms with van der Waals surface area (Å²) in [6.07, 6.45) is 1.65. The van der Waals surface area contributed by atoms with Gasteiger partial charge in [-0.3, -0.25) is 4.79 Å². The predicted molar refractivity (Wildman–Crippen MR) is 87.6 cm³/mol. The van der Waals surface area contributed by atoms with Gasteiger partial charge in [0.1, 0.15) is 6.61 Å². The van der Waals surface area contributed by atoms with Crippen molar-refractivity contribution in [2.45, 2.75) is 31.4 Å². The minimum atomic E-state index is -0.852. The van der Waals surface area contributed by atoms with Gasteiger partial charge in [-0.2, -0.15) is 0 Å². The third-order valence-corrected chi connectivity index (χ3v) is 5.04. The molecule has 2 fully saturated rings. The summed E-state index contributed by atoms with van der Waals surface area (Å²) in [5, 5.41) is -0.104. The molecule has 2 aliphatic rings. The van der Waals surface area contributed by atoms with Crippen molar-refractivity contribution in [1.82, 2.24) is 4.90 Å². The summed E-state index contributed by atoms with van der Waals surface area (Å²) in [5.41, 5.74) is 0.860. The van der Waals surface area contributed by atoms with E-state index in [9.17, 15) is 14.4 Å². The highest BCUT2D eigenvalue weighted by molar-refractivity contribution is 8.04. The molecule has 0 aromatic heterocycles. The van der Waals surface area contributed by atoms with E-state index in [1.807, 2.05) is 30.3 Å². The molecule has 2 aliphatic heterocycles. The lowest BCUT2D eigenvalue weighted by molar-refractivity contribution is -0.159. The second-order valence-corrected chi connectivity index (χ2v) is 6.62. The third-order valence-electron chi connectivity index (χ3n) is 3.76. The van der Waals surface area contributed by atoms with Gasteiger partial charge in [0.25, 0.3) is 0 Å². The first kappa shape index (κ1) is 16.6. The van der Waals surface area contributed by atoms with Gasteiger partial charge in [0, 0.05) is 11.0 Å². The molecule has 1 aromatic rings. The third kappa shape index (κ3) is 3.31. The van der Waals surface area contributed by atoms with Gasteiger partial charge in [-0.25, -0.2) is 9.59 Å². The summed E-state index contributed by atoms with van der Waals surface area (Å²) >= 11 is 1.34. The molecule has 6 nitrogen and oxygen atoms in total. The second kappa shape index (κ2) is 7.09. The van der Waals surface area contributed by atoms with Crippen LogP contribution < -0.4 is 0 Å². The SMILES string of the molecule is CCOC(=O)C=C1SC2CC(=O)N2C1C(=O)OCc1ccccc1. The Morgan fingerprint density at radius 3 is 2.71 bits per heavy atom. The molecular formula is C17H17NO5S. The van der Waals surface area contributed by atoms with Crippen LogP contribution in [-0.2, 0) is 30.5 Å². The summed E-state index contributed by atoms with van der Waals surface area (Å²) < 4.78 is 10.2. The number of thioether (sulfide) groups is 1. The summed E-state index contributed by atoms with van der Waals surface area (Å²) in [7, 11) is 0. The number of β-lactam (4-membered cyclic amide) rings is 1. The fourth-order valence-electron chi connectivity index (χ4n) is 2.62. The molecule has 3 rings (SSSR count). The summed E-state index contributed by atoms with van der Waals surface area (Å²) in [6.45, 7) is 2.09. The van der Waals surface area contributed by atoms with Crippen molar-refractivity contribution < 1.29 is 23.9 Å². The number of fused-ring (bicyclic) bond motifs is 1. The first-order valence-corrected chi connectivity index (χ1v) is 8.55. The molecule has 2 unspecified atom stereocenters. The van der Waals surface area contributed by atoms with Crippen molar-refractivity contribution in [2.24, 2.45) is 0 Å². The maximum atomic E-state index is 12.5. The van der Waals surface area contributed by atoms with Crippen LogP contribution in [0.25, 0.3) is 0 Å². The zero-order chi connectivity index (χ0) is 17.1. The molecule has 0 radical (unpaired) electrons. The highest BCUT2D eigenvalue weighted by Crippen LogP contribution is 2.47. The number of ether oxygens (including phenoxy) is 2. The number of carbonyl (C=O) groups excluding carboxylic acids is 3. The van der Waals surface area contributed by atoms with E-state index in [4.69, 9.17) is 9.47 Å². The van der Waals surface area contributed by atoms with E-state index in [1.54, 1.807) is 6.92 Å². The lowest BCUT2D eigenvalue weighted by Gasteiger charge is -2.35. The quantitative estimate of drug-likeness (QED) is 0.460. The molecule has 2 atom stereocenters. The number of esters is 2. The molecule has 0 bridgehead atoms. The van der Waals surface area contributed by atoms with Crippen LogP contribution in [-0.4, -0.2) is 40.8 Å². The molecule has 0 saturated carbocycles. The largest absolute Gasteiger partial charge is 0.463 e. The zero-order valence-electron chi connectivity index (χ0n) is 13.1. The van der Waals surface area contributed by atoms with Gasteiger partial charge in [0.15, 0.2) is 6.04 Å². The topological polar surface area (TPSA) is 72.9 Å². The Labute approximate surface area is 143 Å². The molecule has 1 amide bonds. The highest BCUT2D eigenvalue weighted by atomic mass is 32.2. The molecular weight excluding hydrogens is 330 g/mol. The van der Waals surface area contributed by atoms with Crippen LogP contribution in [0.5, 0.6) is 0 Å². The van der Waals surface area contributed by atoms with E-state index < -0.39 is 18.0 Å². The molecule has 24 heavy (non-hydrogen) atoms. The molecule has 2 heterocycles. The van der Waals surface area contributed by atoms with Crippen molar-refractivity contribution in [2.75, 3.05) is 6.61 Å². The van der Waals surface area contributed by atoms with Gasteiger partial charge in [-0.15, -0.1) is 11.8 Å². The van der Waals surface area contributed by atoms with Gasteiger partial charge < -0.3 is 14.4 Å². The van der Waals surface area contributed by atoms with Crippen molar-refractivity contribution in [3.05, 3.63) is 46.9 Å². The molecule has 2 saturated heterocycles. The number of amides is 1. The minimum Gasteiger partial charge on any atom is -0.463 e. The normalized spacial score (nSPS) is 23.6. The first-order chi connectivity index (χ1) is 11.6. The van der Waals surface area contributed by atoms with Crippen molar-refractivity contribution >= 4 is 29.6 Å². The lowest BCUT2D eigenvalue weighted by Crippen LogP contribution is -2.54. The van der Waals surface area contributed by atoms with Crippen LogP contribution >= 0.6 is 11.8 Å². The zero-order valence-corrected chi connectivity index (χ0v) is 14.0. The molecule has 0 spiro atoms. The monoisotopic (exact) mass is 347 g/mol. The van der Waals surface area contributed by atoms with Crippen molar-refractivity contribution in [3.63, 3.8) is 0 Å². The molecule has 7 heteroatoms. The van der Waals surface area contributed by atoms with E-state index in [0.717, 1.165) is 5.56 Å². The van der Waals surface area contributed by atoms with Gasteiger partial charge in [-0.05, 0) is 12.5 Å². The summed E-state index contributed by atoms with van der Waals surface area (Å²) in [5.74, 6) is -1.16. The van der Waals surface area contributed by atoms with Crippen LogP contribution in [0.1, 0.15) is 18.9 Å². The average molecular weight is 347 g/mol. The Hall–Kier alpha value is -2.28. The number of benzene rings is 1. The Morgan fingerprint density at radius 2 is 2.04 bits per heavy atom. The molecule has 126 valence electrons. The van der Waals surface area contributed by atoms with Gasteiger partial charge >= 0.3 is 11.9 Å². The Bertz CT molecular complexity index is 687. The smallest absolute Gasteiger partial charge is 0.334 e. The maximum absolute atomic E-state index is 12.5. The van der Waals surface area contributed by atoms with Crippen LogP contribution in [0.4, 0.5) is 0 Å².